The molecule has 0 saturated heterocycles. The summed E-state index contributed by atoms with van der Waals surface area (Å²) in [4.78, 5) is 11.9. The third-order valence-electron chi connectivity index (χ3n) is 3.01. The SMILES string of the molecule is Cc1ccc(NC(=S)NC(=O)COc2ccc(C)cc2Br)cc1. The van der Waals surface area contributed by atoms with Gasteiger partial charge in [-0.25, -0.2) is 0 Å². The Kier molecular flexibility index (Phi) is 6.12. The summed E-state index contributed by atoms with van der Waals surface area (Å²) in [5, 5.41) is 5.78. The second-order valence-electron chi connectivity index (χ2n) is 5.09. The third kappa shape index (κ3) is 5.65. The molecule has 0 heterocycles. The highest BCUT2D eigenvalue weighted by Crippen LogP contribution is 2.25. The van der Waals surface area contributed by atoms with Crippen LogP contribution >= 0.6 is 28.1 Å². The molecule has 1 amide bonds. The first-order chi connectivity index (χ1) is 10.9. The van der Waals surface area contributed by atoms with Gasteiger partial charge in [-0.2, -0.15) is 0 Å². The maximum absolute atomic E-state index is 11.9. The molecule has 0 aliphatic carbocycles. The molecule has 0 aliphatic heterocycles. The summed E-state index contributed by atoms with van der Waals surface area (Å²) in [7, 11) is 0. The molecule has 0 unspecified atom stereocenters. The number of benzene rings is 2. The number of nitrogens with one attached hydrogen (secondary N) is 2. The van der Waals surface area contributed by atoms with Crippen molar-refractivity contribution in [2.45, 2.75) is 13.8 Å². The Bertz CT molecular complexity index is 717. The minimum absolute atomic E-state index is 0.114. The fourth-order valence-electron chi connectivity index (χ4n) is 1.83. The summed E-state index contributed by atoms with van der Waals surface area (Å²) in [6, 6.07) is 13.4. The van der Waals surface area contributed by atoms with Crippen LogP contribution in [0.4, 0.5) is 5.69 Å². The molecule has 2 rings (SSSR count). The molecule has 0 bridgehead atoms. The van der Waals surface area contributed by atoms with Gasteiger partial charge in [0.15, 0.2) is 11.7 Å². The molecule has 0 fully saturated rings. The first-order valence-corrected chi connectivity index (χ1v) is 8.20. The number of amides is 1. The topological polar surface area (TPSA) is 50.4 Å². The van der Waals surface area contributed by atoms with Crippen molar-refractivity contribution in [2.24, 2.45) is 0 Å². The number of anilines is 1. The molecule has 0 radical (unpaired) electrons. The Labute approximate surface area is 149 Å². The van der Waals surface area contributed by atoms with Crippen molar-refractivity contribution in [2.75, 3.05) is 11.9 Å². The van der Waals surface area contributed by atoms with Gasteiger partial charge in [-0.15, -0.1) is 0 Å². The van der Waals surface area contributed by atoms with Crippen LogP contribution in [0.15, 0.2) is 46.9 Å². The van der Waals surface area contributed by atoms with Crippen LogP contribution in [0.25, 0.3) is 0 Å². The van der Waals surface area contributed by atoms with Crippen molar-refractivity contribution in [3.05, 3.63) is 58.1 Å². The van der Waals surface area contributed by atoms with Crippen molar-refractivity contribution >= 4 is 44.9 Å². The van der Waals surface area contributed by atoms with Crippen LogP contribution in [0.2, 0.25) is 0 Å². The number of rotatable bonds is 4. The van der Waals surface area contributed by atoms with Gasteiger partial charge in [-0.3, -0.25) is 10.1 Å². The highest BCUT2D eigenvalue weighted by molar-refractivity contribution is 9.10. The minimum atomic E-state index is -0.318. The summed E-state index contributed by atoms with van der Waals surface area (Å²) in [6.07, 6.45) is 0. The van der Waals surface area contributed by atoms with Crippen molar-refractivity contribution in [1.29, 1.82) is 0 Å². The van der Waals surface area contributed by atoms with E-state index in [2.05, 4.69) is 26.6 Å². The van der Waals surface area contributed by atoms with Gasteiger partial charge in [0.05, 0.1) is 4.47 Å². The summed E-state index contributed by atoms with van der Waals surface area (Å²) in [5.41, 5.74) is 3.09. The minimum Gasteiger partial charge on any atom is -0.483 e. The Balaban J connectivity index is 1.82. The maximum Gasteiger partial charge on any atom is 0.264 e. The lowest BCUT2D eigenvalue weighted by atomic mass is 10.2. The van der Waals surface area contributed by atoms with Crippen LogP contribution in [-0.2, 0) is 4.79 Å². The molecule has 2 aromatic carbocycles. The van der Waals surface area contributed by atoms with E-state index >= 15 is 0 Å². The molecule has 0 aliphatic rings. The Morgan fingerprint density at radius 1 is 1.13 bits per heavy atom. The fraction of sp³-hybridized carbons (Fsp3) is 0.176. The molecule has 6 heteroatoms. The van der Waals surface area contributed by atoms with E-state index in [1.54, 1.807) is 0 Å². The van der Waals surface area contributed by atoms with Crippen LogP contribution in [0.1, 0.15) is 11.1 Å². The molecule has 0 aromatic heterocycles. The van der Waals surface area contributed by atoms with E-state index in [0.29, 0.717) is 5.75 Å². The average Bonchev–Trinajstić information content (AvgIpc) is 2.48. The number of ether oxygens (including phenoxy) is 1. The van der Waals surface area contributed by atoms with E-state index in [-0.39, 0.29) is 17.6 Å². The summed E-state index contributed by atoms with van der Waals surface area (Å²) in [6.45, 7) is 3.87. The molecule has 23 heavy (non-hydrogen) atoms. The first-order valence-electron chi connectivity index (χ1n) is 7.00. The molecule has 0 atom stereocenters. The van der Waals surface area contributed by atoms with Crippen LogP contribution in [0.3, 0.4) is 0 Å². The summed E-state index contributed by atoms with van der Waals surface area (Å²) < 4.78 is 6.28. The average molecular weight is 393 g/mol. The molecule has 4 nitrogen and oxygen atoms in total. The predicted octanol–water partition coefficient (Wildman–Crippen LogP) is 3.96. The van der Waals surface area contributed by atoms with Gasteiger partial charge < -0.3 is 10.1 Å². The van der Waals surface area contributed by atoms with E-state index in [1.165, 1.54) is 0 Å². The lowest BCUT2D eigenvalue weighted by Gasteiger charge is -2.11. The van der Waals surface area contributed by atoms with Crippen LogP contribution < -0.4 is 15.4 Å². The third-order valence-corrected chi connectivity index (χ3v) is 3.83. The number of aryl methyl sites for hydroxylation is 2. The fourth-order valence-corrected chi connectivity index (χ4v) is 2.67. The number of halogens is 1. The van der Waals surface area contributed by atoms with Crippen LogP contribution in [0, 0.1) is 13.8 Å². The second kappa shape index (κ2) is 8.08. The molecule has 2 aromatic rings. The van der Waals surface area contributed by atoms with Crippen molar-refractivity contribution in [1.82, 2.24) is 5.32 Å². The molecule has 0 saturated carbocycles. The van der Waals surface area contributed by atoms with Crippen molar-refractivity contribution in [3.63, 3.8) is 0 Å². The normalized spacial score (nSPS) is 10.0. The molecular formula is C17H17BrN2O2S. The highest BCUT2D eigenvalue weighted by Gasteiger charge is 2.08. The zero-order valence-corrected chi connectivity index (χ0v) is 15.3. The first kappa shape index (κ1) is 17.4. The maximum atomic E-state index is 11.9. The number of hydrogen-bond acceptors (Lipinski definition) is 3. The molecule has 0 spiro atoms. The summed E-state index contributed by atoms with van der Waals surface area (Å²) in [5.74, 6) is 0.297. The predicted molar refractivity (Wildman–Crippen MR) is 99.9 cm³/mol. The highest BCUT2D eigenvalue weighted by atomic mass is 79.9. The van der Waals surface area contributed by atoms with E-state index in [9.17, 15) is 4.79 Å². The molecule has 2 N–H and O–H groups in total. The van der Waals surface area contributed by atoms with E-state index in [4.69, 9.17) is 17.0 Å². The van der Waals surface area contributed by atoms with Crippen LogP contribution in [-0.4, -0.2) is 17.6 Å². The van der Waals surface area contributed by atoms with Gasteiger partial charge in [-0.05, 0) is 71.8 Å². The smallest absolute Gasteiger partial charge is 0.264 e. The van der Waals surface area contributed by atoms with E-state index in [1.807, 2.05) is 56.3 Å². The Morgan fingerprint density at radius 2 is 1.78 bits per heavy atom. The Hall–Kier alpha value is -1.92. The standard InChI is InChI=1S/C17H17BrN2O2S/c1-11-3-6-13(7-4-11)19-17(23)20-16(21)10-22-15-8-5-12(2)9-14(15)18/h3-9H,10H2,1-2H3,(H2,19,20,21,23). The van der Waals surface area contributed by atoms with Crippen molar-refractivity contribution in [3.8, 4) is 5.75 Å². The monoisotopic (exact) mass is 392 g/mol. The van der Waals surface area contributed by atoms with Gasteiger partial charge in [0.2, 0.25) is 0 Å². The van der Waals surface area contributed by atoms with E-state index < -0.39 is 0 Å². The lowest BCUT2D eigenvalue weighted by Crippen LogP contribution is -2.37. The largest absolute Gasteiger partial charge is 0.483 e. The van der Waals surface area contributed by atoms with Crippen LogP contribution in [0.5, 0.6) is 5.75 Å². The molecule has 120 valence electrons. The Morgan fingerprint density at radius 3 is 2.43 bits per heavy atom. The number of carbonyl (C=O) groups is 1. The molecular weight excluding hydrogens is 376 g/mol. The number of carbonyl (C=O) groups excluding carboxylic acids is 1. The quantitative estimate of drug-likeness (QED) is 0.773. The van der Waals surface area contributed by atoms with Gasteiger partial charge in [0.1, 0.15) is 5.75 Å². The van der Waals surface area contributed by atoms with Crippen molar-refractivity contribution < 1.29 is 9.53 Å². The number of thiocarbonyl (C=S) groups is 1. The second-order valence-corrected chi connectivity index (χ2v) is 6.35. The summed E-state index contributed by atoms with van der Waals surface area (Å²) >= 11 is 8.51. The zero-order chi connectivity index (χ0) is 16.8. The van der Waals surface area contributed by atoms with Gasteiger partial charge >= 0.3 is 0 Å². The number of hydrogen-bond donors (Lipinski definition) is 2. The van der Waals surface area contributed by atoms with Gasteiger partial charge in [0.25, 0.3) is 5.91 Å². The lowest BCUT2D eigenvalue weighted by molar-refractivity contribution is -0.121. The van der Waals surface area contributed by atoms with Gasteiger partial charge in [-0.1, -0.05) is 23.8 Å². The van der Waals surface area contributed by atoms with Gasteiger partial charge in [0, 0.05) is 5.69 Å². The zero-order valence-electron chi connectivity index (χ0n) is 12.9. The van der Waals surface area contributed by atoms with E-state index in [0.717, 1.165) is 21.3 Å².